The van der Waals surface area contributed by atoms with E-state index in [9.17, 15) is 13.6 Å². The number of carbonyl (C=O) groups is 1. The zero-order valence-electron chi connectivity index (χ0n) is 11.2. The first kappa shape index (κ1) is 15.7. The summed E-state index contributed by atoms with van der Waals surface area (Å²) >= 11 is 2.18. The van der Waals surface area contributed by atoms with Gasteiger partial charge in [-0.2, -0.15) is 0 Å². The summed E-state index contributed by atoms with van der Waals surface area (Å²) in [7, 11) is 0. The Bertz CT molecular complexity index is 626. The number of carbonyl (C=O) groups excluding carboxylic acids is 1. The van der Waals surface area contributed by atoms with Gasteiger partial charge in [-0.3, -0.25) is 4.79 Å². The highest BCUT2D eigenvalue weighted by molar-refractivity contribution is 14.1. The summed E-state index contributed by atoms with van der Waals surface area (Å²) in [5.41, 5.74) is 0.325. The molecule has 0 spiro atoms. The molecule has 2 aromatic rings. The number of halogens is 3. The van der Waals surface area contributed by atoms with Crippen LogP contribution in [0.25, 0.3) is 0 Å². The standard InChI is InChI=1S/C15H13F2IN2O/c1-9(19-11-7-5-10(18)6-8-11)15(21)20-14-12(16)3-2-4-13(14)17/h2-9,19H,1H3,(H,20,21)/t9-/m1/s1. The molecule has 0 aliphatic carbocycles. The molecule has 1 atom stereocenters. The third-order valence-corrected chi connectivity index (χ3v) is 3.55. The maximum Gasteiger partial charge on any atom is 0.246 e. The molecule has 110 valence electrons. The molecule has 0 bridgehead atoms. The van der Waals surface area contributed by atoms with E-state index in [1.54, 1.807) is 6.92 Å². The Morgan fingerprint density at radius 1 is 1.10 bits per heavy atom. The van der Waals surface area contributed by atoms with Gasteiger partial charge in [0.05, 0.1) is 0 Å². The molecule has 1 amide bonds. The summed E-state index contributed by atoms with van der Waals surface area (Å²) in [6, 6.07) is 10.2. The molecule has 0 unspecified atom stereocenters. The minimum atomic E-state index is -0.801. The fraction of sp³-hybridized carbons (Fsp3) is 0.133. The van der Waals surface area contributed by atoms with Crippen molar-refractivity contribution >= 4 is 39.9 Å². The Labute approximate surface area is 134 Å². The molecule has 0 aromatic heterocycles. The normalized spacial score (nSPS) is 11.8. The largest absolute Gasteiger partial charge is 0.374 e. The second-order valence-electron chi connectivity index (χ2n) is 4.46. The molecule has 0 radical (unpaired) electrons. The third-order valence-electron chi connectivity index (χ3n) is 2.83. The van der Waals surface area contributed by atoms with Crippen molar-refractivity contribution in [3.63, 3.8) is 0 Å². The summed E-state index contributed by atoms with van der Waals surface area (Å²) in [5, 5.41) is 5.22. The number of para-hydroxylation sites is 1. The van der Waals surface area contributed by atoms with Crippen LogP contribution in [-0.2, 0) is 4.79 Å². The van der Waals surface area contributed by atoms with Gasteiger partial charge in [-0.15, -0.1) is 0 Å². The van der Waals surface area contributed by atoms with Crippen molar-refractivity contribution in [1.82, 2.24) is 0 Å². The molecule has 6 heteroatoms. The van der Waals surface area contributed by atoms with Crippen molar-refractivity contribution in [3.05, 3.63) is 57.7 Å². The lowest BCUT2D eigenvalue weighted by molar-refractivity contribution is -0.116. The van der Waals surface area contributed by atoms with E-state index in [0.29, 0.717) is 0 Å². The van der Waals surface area contributed by atoms with Crippen molar-refractivity contribution in [2.45, 2.75) is 13.0 Å². The topological polar surface area (TPSA) is 41.1 Å². The van der Waals surface area contributed by atoms with Crippen LogP contribution in [0, 0.1) is 15.2 Å². The maximum atomic E-state index is 13.5. The smallest absolute Gasteiger partial charge is 0.246 e. The highest BCUT2D eigenvalue weighted by Crippen LogP contribution is 2.19. The van der Waals surface area contributed by atoms with E-state index in [4.69, 9.17) is 0 Å². The second kappa shape index (κ2) is 6.84. The molecular weight excluding hydrogens is 389 g/mol. The number of anilines is 2. The minimum absolute atomic E-state index is 0.432. The lowest BCUT2D eigenvalue weighted by atomic mass is 10.2. The van der Waals surface area contributed by atoms with Crippen LogP contribution in [0.4, 0.5) is 20.2 Å². The van der Waals surface area contributed by atoms with Crippen LogP contribution in [0.15, 0.2) is 42.5 Å². The number of benzene rings is 2. The SMILES string of the molecule is C[C@@H](Nc1ccc(I)cc1)C(=O)Nc1c(F)cccc1F. The van der Waals surface area contributed by atoms with E-state index >= 15 is 0 Å². The minimum Gasteiger partial charge on any atom is -0.374 e. The number of hydrogen-bond donors (Lipinski definition) is 2. The first-order valence-corrected chi connectivity index (χ1v) is 7.32. The van der Waals surface area contributed by atoms with Crippen molar-refractivity contribution in [1.29, 1.82) is 0 Å². The van der Waals surface area contributed by atoms with Crippen LogP contribution in [0.2, 0.25) is 0 Å². The van der Waals surface area contributed by atoms with Crippen molar-refractivity contribution in [2.24, 2.45) is 0 Å². The summed E-state index contributed by atoms with van der Waals surface area (Å²) in [6.07, 6.45) is 0. The second-order valence-corrected chi connectivity index (χ2v) is 5.70. The molecule has 0 aliphatic heterocycles. The van der Waals surface area contributed by atoms with Crippen LogP contribution in [-0.4, -0.2) is 11.9 Å². The van der Waals surface area contributed by atoms with Gasteiger partial charge in [0.15, 0.2) is 0 Å². The quantitative estimate of drug-likeness (QED) is 0.760. The molecule has 0 fully saturated rings. The average molecular weight is 402 g/mol. The number of rotatable bonds is 4. The van der Waals surface area contributed by atoms with E-state index in [-0.39, 0.29) is 0 Å². The lowest BCUT2D eigenvalue weighted by Gasteiger charge is -2.16. The molecule has 21 heavy (non-hydrogen) atoms. The van der Waals surface area contributed by atoms with Gasteiger partial charge in [0.1, 0.15) is 23.4 Å². The van der Waals surface area contributed by atoms with Gasteiger partial charge < -0.3 is 10.6 Å². The molecule has 2 aromatic carbocycles. The predicted molar refractivity (Wildman–Crippen MR) is 87.2 cm³/mol. The van der Waals surface area contributed by atoms with Gasteiger partial charge in [-0.05, 0) is 65.9 Å². The summed E-state index contributed by atoms with van der Waals surface area (Å²) < 4.78 is 28.0. The van der Waals surface area contributed by atoms with Crippen molar-refractivity contribution in [3.8, 4) is 0 Å². The van der Waals surface area contributed by atoms with Crippen LogP contribution in [0.5, 0.6) is 0 Å². The van der Waals surface area contributed by atoms with Gasteiger partial charge >= 0.3 is 0 Å². The van der Waals surface area contributed by atoms with Crippen molar-refractivity contribution < 1.29 is 13.6 Å². The van der Waals surface area contributed by atoms with Crippen LogP contribution in [0.3, 0.4) is 0 Å². The zero-order chi connectivity index (χ0) is 15.4. The van der Waals surface area contributed by atoms with Gasteiger partial charge in [-0.1, -0.05) is 6.07 Å². The van der Waals surface area contributed by atoms with Crippen LogP contribution >= 0.6 is 22.6 Å². The Morgan fingerprint density at radius 3 is 2.24 bits per heavy atom. The molecule has 2 N–H and O–H groups in total. The first-order valence-electron chi connectivity index (χ1n) is 6.24. The third kappa shape index (κ3) is 4.13. The summed E-state index contributed by atoms with van der Waals surface area (Å²) in [5.74, 6) is -2.12. The lowest BCUT2D eigenvalue weighted by Crippen LogP contribution is -2.32. The molecule has 0 saturated heterocycles. The molecule has 0 aliphatic rings. The van der Waals surface area contributed by atoms with Gasteiger partial charge in [0, 0.05) is 9.26 Å². The predicted octanol–water partition coefficient (Wildman–Crippen LogP) is 4.01. The molecule has 3 nitrogen and oxygen atoms in total. The summed E-state index contributed by atoms with van der Waals surface area (Å²) in [4.78, 5) is 12.0. The van der Waals surface area contributed by atoms with Gasteiger partial charge in [0.2, 0.25) is 5.91 Å². The Hall–Kier alpha value is -1.70. The van der Waals surface area contributed by atoms with E-state index < -0.39 is 29.3 Å². The van der Waals surface area contributed by atoms with Gasteiger partial charge in [0.25, 0.3) is 0 Å². The van der Waals surface area contributed by atoms with E-state index in [0.717, 1.165) is 21.4 Å². The average Bonchev–Trinajstić information content (AvgIpc) is 2.45. The zero-order valence-corrected chi connectivity index (χ0v) is 13.3. The Kier molecular flexibility index (Phi) is 5.11. The fourth-order valence-corrected chi connectivity index (χ4v) is 2.07. The van der Waals surface area contributed by atoms with E-state index in [1.807, 2.05) is 24.3 Å². The highest BCUT2D eigenvalue weighted by atomic mass is 127. The summed E-state index contributed by atoms with van der Waals surface area (Å²) in [6.45, 7) is 1.62. The molecule has 0 heterocycles. The van der Waals surface area contributed by atoms with E-state index in [2.05, 4.69) is 33.2 Å². The van der Waals surface area contributed by atoms with E-state index in [1.165, 1.54) is 6.07 Å². The Morgan fingerprint density at radius 2 is 1.67 bits per heavy atom. The maximum absolute atomic E-state index is 13.5. The highest BCUT2D eigenvalue weighted by Gasteiger charge is 2.17. The number of hydrogen-bond acceptors (Lipinski definition) is 2. The molecule has 2 rings (SSSR count). The molecule has 0 saturated carbocycles. The first-order chi connectivity index (χ1) is 9.97. The fourth-order valence-electron chi connectivity index (χ4n) is 1.71. The Balaban J connectivity index is 2.04. The monoisotopic (exact) mass is 402 g/mol. The molecular formula is C15H13F2IN2O. The van der Waals surface area contributed by atoms with Crippen LogP contribution < -0.4 is 10.6 Å². The number of nitrogens with one attached hydrogen (secondary N) is 2. The van der Waals surface area contributed by atoms with Crippen LogP contribution in [0.1, 0.15) is 6.92 Å². The van der Waals surface area contributed by atoms with Crippen molar-refractivity contribution in [2.75, 3.05) is 10.6 Å². The number of amides is 1. The van der Waals surface area contributed by atoms with Gasteiger partial charge in [-0.25, -0.2) is 8.78 Å².